The largest absolute Gasteiger partial charge is 0.493 e. The van der Waals surface area contributed by atoms with E-state index >= 15 is 0 Å². The maximum absolute atomic E-state index is 13.1. The molecule has 3 aromatic carbocycles. The Hall–Kier alpha value is -3.55. The van der Waals surface area contributed by atoms with Crippen LogP contribution in [0.3, 0.4) is 0 Å². The zero-order chi connectivity index (χ0) is 29.6. The first-order valence-corrected chi connectivity index (χ1v) is 15.2. The minimum atomic E-state index is -0.517. The second-order valence-corrected chi connectivity index (χ2v) is 11.9. The van der Waals surface area contributed by atoms with E-state index in [4.69, 9.17) is 14.2 Å². The molecule has 2 fully saturated rings. The zero-order valence-corrected chi connectivity index (χ0v) is 26.2. The second kappa shape index (κ2) is 13.6. The molecule has 0 unspecified atom stereocenters. The van der Waals surface area contributed by atoms with Crippen molar-refractivity contribution in [1.29, 1.82) is 0 Å². The number of halogens is 1. The van der Waals surface area contributed by atoms with Gasteiger partial charge in [0.2, 0.25) is 5.91 Å². The van der Waals surface area contributed by atoms with E-state index in [0.717, 1.165) is 44.6 Å². The highest BCUT2D eigenvalue weighted by Gasteiger charge is 2.36. The van der Waals surface area contributed by atoms with Gasteiger partial charge in [0.25, 0.3) is 11.1 Å². The number of aryl methyl sites for hydroxylation is 1. The third-order valence-electron chi connectivity index (χ3n) is 6.76. The summed E-state index contributed by atoms with van der Waals surface area (Å²) >= 11 is 2.96. The number of rotatable bonds is 9. The number of carbonyl (C=O) groups excluding carboxylic acids is 3. The molecule has 11 heteroatoms. The summed E-state index contributed by atoms with van der Waals surface area (Å²) in [5.41, 5.74) is 4.52. The Morgan fingerprint density at radius 3 is 2.48 bits per heavy atom. The molecule has 0 aliphatic carbocycles. The molecule has 2 aliphatic rings. The van der Waals surface area contributed by atoms with Crippen LogP contribution >= 0.6 is 34.4 Å². The molecule has 3 aromatic rings. The Balaban J connectivity index is 1.22. The molecule has 218 valence electrons. The molecule has 2 heterocycles. The summed E-state index contributed by atoms with van der Waals surface area (Å²) in [4.78, 5) is 41.9. The summed E-state index contributed by atoms with van der Waals surface area (Å²) in [5, 5.41) is 2.27. The van der Waals surface area contributed by atoms with E-state index < -0.39 is 17.1 Å². The smallest absolute Gasteiger partial charge is 0.294 e. The van der Waals surface area contributed by atoms with Crippen molar-refractivity contribution >= 4 is 68.9 Å². The normalized spacial score (nSPS) is 16.2. The van der Waals surface area contributed by atoms with Crippen molar-refractivity contribution in [2.24, 2.45) is 0 Å². The number of nitrogens with one attached hydrogen (secondary N) is 1. The van der Waals surface area contributed by atoms with Crippen molar-refractivity contribution in [3.8, 4) is 11.5 Å². The van der Waals surface area contributed by atoms with E-state index in [1.807, 2.05) is 49.4 Å². The van der Waals surface area contributed by atoms with Gasteiger partial charge in [-0.05, 0) is 94.9 Å². The molecule has 2 aliphatic heterocycles. The van der Waals surface area contributed by atoms with E-state index in [9.17, 15) is 14.4 Å². The quantitative estimate of drug-likeness (QED) is 0.225. The van der Waals surface area contributed by atoms with Crippen molar-refractivity contribution in [3.63, 3.8) is 0 Å². The molecule has 2 saturated heterocycles. The molecular formula is C31H30IN3O6S. The fourth-order valence-corrected chi connectivity index (χ4v) is 6.13. The van der Waals surface area contributed by atoms with Crippen LogP contribution in [0.5, 0.6) is 11.5 Å². The Morgan fingerprint density at radius 1 is 1.07 bits per heavy atom. The highest BCUT2D eigenvalue weighted by Crippen LogP contribution is 2.37. The number of imide groups is 1. The third-order valence-corrected chi connectivity index (χ3v) is 8.46. The summed E-state index contributed by atoms with van der Waals surface area (Å²) in [6, 6.07) is 19.2. The van der Waals surface area contributed by atoms with Gasteiger partial charge in [0.05, 0.1) is 28.8 Å². The number of ether oxygens (including phenoxy) is 3. The van der Waals surface area contributed by atoms with Crippen LogP contribution in [0.1, 0.15) is 16.7 Å². The van der Waals surface area contributed by atoms with E-state index in [2.05, 4.69) is 32.8 Å². The lowest BCUT2D eigenvalue weighted by molar-refractivity contribution is -0.127. The Labute approximate surface area is 262 Å². The van der Waals surface area contributed by atoms with Gasteiger partial charge < -0.3 is 24.4 Å². The number of anilines is 2. The molecule has 42 heavy (non-hydrogen) atoms. The van der Waals surface area contributed by atoms with Gasteiger partial charge in [-0.3, -0.25) is 19.3 Å². The van der Waals surface area contributed by atoms with Crippen molar-refractivity contribution in [2.75, 3.05) is 50.2 Å². The van der Waals surface area contributed by atoms with Gasteiger partial charge in [-0.1, -0.05) is 29.8 Å². The molecule has 0 spiro atoms. The topological polar surface area (TPSA) is 97.4 Å². The van der Waals surface area contributed by atoms with Gasteiger partial charge in [0.1, 0.15) is 13.2 Å². The number of carbonyl (C=O) groups is 3. The first-order chi connectivity index (χ1) is 20.3. The van der Waals surface area contributed by atoms with E-state index in [1.165, 1.54) is 5.56 Å². The minimum Gasteiger partial charge on any atom is -0.493 e. The SMILES string of the molecule is COc1cc(/C=C2\SC(=O)N(CC(=O)Nc3ccc(N4CCOCC4)cc3)C2=O)cc(I)c1OCc1ccc(C)cc1. The van der Waals surface area contributed by atoms with E-state index in [-0.39, 0.29) is 11.4 Å². The predicted octanol–water partition coefficient (Wildman–Crippen LogP) is 5.70. The van der Waals surface area contributed by atoms with Crippen molar-refractivity contribution in [1.82, 2.24) is 4.90 Å². The van der Waals surface area contributed by atoms with E-state index in [0.29, 0.717) is 42.6 Å². The Bertz CT molecular complexity index is 1500. The zero-order valence-electron chi connectivity index (χ0n) is 23.2. The number of methoxy groups -OCH3 is 1. The van der Waals surface area contributed by atoms with Gasteiger partial charge >= 0.3 is 0 Å². The van der Waals surface area contributed by atoms with Crippen LogP contribution in [0, 0.1) is 10.5 Å². The number of amides is 3. The molecule has 0 bridgehead atoms. The minimum absolute atomic E-state index is 0.230. The van der Waals surface area contributed by atoms with Crippen LogP contribution < -0.4 is 19.7 Å². The maximum atomic E-state index is 13.1. The first-order valence-electron chi connectivity index (χ1n) is 13.3. The molecule has 9 nitrogen and oxygen atoms in total. The van der Waals surface area contributed by atoms with Crippen LogP contribution in [0.4, 0.5) is 16.2 Å². The Morgan fingerprint density at radius 2 is 1.79 bits per heavy atom. The van der Waals surface area contributed by atoms with Crippen LogP contribution in [0.15, 0.2) is 65.6 Å². The van der Waals surface area contributed by atoms with Crippen LogP contribution in [0.25, 0.3) is 6.08 Å². The van der Waals surface area contributed by atoms with Gasteiger partial charge in [-0.2, -0.15) is 0 Å². The van der Waals surface area contributed by atoms with Crippen molar-refractivity contribution in [3.05, 3.63) is 85.8 Å². The van der Waals surface area contributed by atoms with Crippen LogP contribution in [-0.2, 0) is 20.9 Å². The van der Waals surface area contributed by atoms with Gasteiger partial charge in [0, 0.05) is 24.5 Å². The number of benzene rings is 3. The summed E-state index contributed by atoms with van der Waals surface area (Å²) < 4.78 is 17.8. The number of hydrogen-bond donors (Lipinski definition) is 1. The number of morpholine rings is 1. The lowest BCUT2D eigenvalue weighted by atomic mass is 10.1. The van der Waals surface area contributed by atoms with Crippen molar-refractivity contribution in [2.45, 2.75) is 13.5 Å². The average molecular weight is 700 g/mol. The fourth-order valence-electron chi connectivity index (χ4n) is 4.51. The van der Waals surface area contributed by atoms with Gasteiger partial charge in [-0.25, -0.2) is 0 Å². The van der Waals surface area contributed by atoms with Gasteiger partial charge in [-0.15, -0.1) is 0 Å². The number of hydrogen-bond acceptors (Lipinski definition) is 8. The summed E-state index contributed by atoms with van der Waals surface area (Å²) in [5.74, 6) is 0.137. The second-order valence-electron chi connectivity index (χ2n) is 9.77. The number of nitrogens with zero attached hydrogens (tertiary/aromatic N) is 2. The highest BCUT2D eigenvalue weighted by atomic mass is 127. The number of thioether (sulfide) groups is 1. The van der Waals surface area contributed by atoms with Crippen LogP contribution in [-0.4, -0.2) is 61.9 Å². The molecule has 0 atom stereocenters. The third kappa shape index (κ3) is 7.26. The molecule has 5 rings (SSSR count). The molecule has 0 saturated carbocycles. The van der Waals surface area contributed by atoms with Gasteiger partial charge in [0.15, 0.2) is 11.5 Å². The standard InChI is InChI=1S/C31H30IN3O6S/c1-20-3-5-21(6-4-20)19-41-29-25(32)15-22(16-26(29)39-2)17-27-30(37)35(31(38)42-27)18-28(36)33-23-7-9-24(10-8-23)34-11-13-40-14-12-34/h3-10,15-17H,11-14,18-19H2,1-2H3,(H,33,36)/b27-17-. The predicted molar refractivity (Wildman–Crippen MR) is 172 cm³/mol. The van der Waals surface area contributed by atoms with E-state index in [1.54, 1.807) is 31.4 Å². The lowest BCUT2D eigenvalue weighted by Crippen LogP contribution is -2.36. The monoisotopic (exact) mass is 699 g/mol. The molecule has 1 N–H and O–H groups in total. The first kappa shape index (κ1) is 29.9. The summed E-state index contributed by atoms with van der Waals surface area (Å²) in [6.45, 7) is 5.04. The maximum Gasteiger partial charge on any atom is 0.294 e. The van der Waals surface area contributed by atoms with Crippen molar-refractivity contribution < 1.29 is 28.6 Å². The molecular weight excluding hydrogens is 669 g/mol. The summed E-state index contributed by atoms with van der Waals surface area (Å²) in [6.07, 6.45) is 1.63. The lowest BCUT2D eigenvalue weighted by Gasteiger charge is -2.28. The molecule has 0 radical (unpaired) electrons. The average Bonchev–Trinajstić information content (AvgIpc) is 3.25. The van der Waals surface area contributed by atoms with Crippen LogP contribution in [0.2, 0.25) is 0 Å². The molecule has 0 aromatic heterocycles. The Kier molecular flexibility index (Phi) is 9.70. The summed E-state index contributed by atoms with van der Waals surface area (Å²) in [7, 11) is 1.55. The highest BCUT2D eigenvalue weighted by molar-refractivity contribution is 14.1. The fraction of sp³-hybridized carbons (Fsp3) is 0.258. The molecule has 3 amide bonds.